The molecule has 0 bridgehead atoms. The van der Waals surface area contributed by atoms with Crippen LogP contribution in [0.1, 0.15) is 56.4 Å². The second kappa shape index (κ2) is 8.37. The first-order valence-corrected chi connectivity index (χ1v) is 9.94. The number of carbonyl (C=O) groups is 2. The van der Waals surface area contributed by atoms with E-state index < -0.39 is 11.7 Å². The number of halogens is 3. The van der Waals surface area contributed by atoms with E-state index in [9.17, 15) is 22.8 Å². The molecule has 1 N–H and O–H groups in total. The van der Waals surface area contributed by atoms with E-state index in [0.29, 0.717) is 31.5 Å². The molecule has 0 unspecified atom stereocenters. The molecule has 31 heavy (non-hydrogen) atoms. The number of alkyl halides is 3. The van der Waals surface area contributed by atoms with E-state index >= 15 is 0 Å². The van der Waals surface area contributed by atoms with Gasteiger partial charge in [0.25, 0.3) is 5.91 Å². The number of imidazole rings is 1. The van der Waals surface area contributed by atoms with E-state index in [-0.39, 0.29) is 29.0 Å². The number of H-pyrrole nitrogens is 1. The predicted molar refractivity (Wildman–Crippen MR) is 108 cm³/mol. The van der Waals surface area contributed by atoms with Gasteiger partial charge in [-0.05, 0) is 36.5 Å². The zero-order valence-electron chi connectivity index (χ0n) is 16.5. The van der Waals surface area contributed by atoms with Gasteiger partial charge in [-0.25, -0.2) is 4.98 Å². The minimum atomic E-state index is -4.35. The summed E-state index contributed by atoms with van der Waals surface area (Å²) in [7, 11) is 0. The Labute approximate surface area is 176 Å². The minimum Gasteiger partial charge on any atom is -0.340 e. The molecule has 2 aromatic carbocycles. The maximum absolute atomic E-state index is 13.0. The lowest BCUT2D eigenvalue weighted by Gasteiger charge is -2.32. The summed E-state index contributed by atoms with van der Waals surface area (Å²) in [6.07, 6.45) is -1.76. The quantitative estimate of drug-likeness (QED) is 0.615. The topological polar surface area (TPSA) is 66.1 Å². The molecule has 3 aromatic rings. The average molecular weight is 427 g/mol. The Balaban J connectivity index is 1.43. The van der Waals surface area contributed by atoms with Crippen molar-refractivity contribution in [2.45, 2.75) is 24.9 Å². The number of aromatic nitrogens is 2. The van der Waals surface area contributed by atoms with E-state index in [2.05, 4.69) is 9.97 Å². The van der Waals surface area contributed by atoms with Crippen molar-refractivity contribution in [3.8, 4) is 0 Å². The van der Waals surface area contributed by atoms with E-state index in [4.69, 9.17) is 0 Å². The number of ketones is 1. The highest BCUT2D eigenvalue weighted by atomic mass is 19.4. The van der Waals surface area contributed by atoms with Crippen LogP contribution in [0.5, 0.6) is 0 Å². The van der Waals surface area contributed by atoms with Crippen molar-refractivity contribution in [3.05, 3.63) is 89.0 Å². The number of hydrogen-bond donors (Lipinski definition) is 1. The van der Waals surface area contributed by atoms with Crippen molar-refractivity contribution in [2.24, 2.45) is 0 Å². The summed E-state index contributed by atoms with van der Waals surface area (Å²) in [5, 5.41) is 0. The third kappa shape index (κ3) is 4.38. The smallest absolute Gasteiger partial charge is 0.340 e. The lowest BCUT2D eigenvalue weighted by Crippen LogP contribution is -2.38. The van der Waals surface area contributed by atoms with Crippen LogP contribution in [-0.4, -0.2) is 39.6 Å². The van der Waals surface area contributed by atoms with Crippen LogP contribution in [-0.2, 0) is 6.18 Å². The molecule has 0 atom stereocenters. The first-order valence-electron chi connectivity index (χ1n) is 9.94. The number of nitrogens with zero attached hydrogens (tertiary/aromatic N) is 2. The molecular formula is C23H20F3N3O2. The van der Waals surface area contributed by atoms with Gasteiger partial charge in [-0.3, -0.25) is 9.59 Å². The van der Waals surface area contributed by atoms with E-state index in [1.165, 1.54) is 18.5 Å². The summed E-state index contributed by atoms with van der Waals surface area (Å²) in [6.45, 7) is 0.894. The van der Waals surface area contributed by atoms with Crippen LogP contribution >= 0.6 is 0 Å². The first kappa shape index (κ1) is 20.8. The maximum Gasteiger partial charge on any atom is 0.416 e. The molecule has 8 heteroatoms. The van der Waals surface area contributed by atoms with E-state index in [0.717, 1.165) is 17.7 Å². The Morgan fingerprint density at radius 2 is 1.61 bits per heavy atom. The number of benzene rings is 2. The van der Waals surface area contributed by atoms with Crippen molar-refractivity contribution in [3.63, 3.8) is 0 Å². The molecule has 0 spiro atoms. The van der Waals surface area contributed by atoms with Gasteiger partial charge in [0.15, 0.2) is 0 Å². The van der Waals surface area contributed by atoms with Crippen LogP contribution in [0.3, 0.4) is 0 Å². The Morgan fingerprint density at radius 1 is 0.968 bits per heavy atom. The maximum atomic E-state index is 13.0. The summed E-state index contributed by atoms with van der Waals surface area (Å²) in [4.78, 5) is 34.2. The molecule has 1 amide bonds. The van der Waals surface area contributed by atoms with E-state index in [1.54, 1.807) is 35.2 Å². The summed E-state index contributed by atoms with van der Waals surface area (Å²) in [5.74, 6) is -0.550. The van der Waals surface area contributed by atoms with Crippen molar-refractivity contribution >= 4 is 11.7 Å². The third-order valence-electron chi connectivity index (χ3n) is 5.60. The standard InChI is InChI=1S/C23H20F3N3O2/c24-23(25,26)18-8-6-15(7-9-18)16-10-12-29(13-11-16)22(31)20-19(27-14-28-20)21(30)17-4-2-1-3-5-17/h1-9,14,16H,10-13H2,(H,27,28). The lowest BCUT2D eigenvalue weighted by molar-refractivity contribution is -0.137. The number of piperidine rings is 1. The van der Waals surface area contributed by atoms with Crippen LogP contribution in [0.4, 0.5) is 13.2 Å². The SMILES string of the molecule is O=C(c1ccccc1)c1nc[nH]c1C(=O)N1CCC(c2ccc(C(F)(F)F)cc2)CC1. The normalized spacial score (nSPS) is 15.1. The lowest BCUT2D eigenvalue weighted by atomic mass is 9.89. The molecule has 0 radical (unpaired) electrons. The van der Waals surface area contributed by atoms with Gasteiger partial charge in [-0.15, -0.1) is 0 Å². The van der Waals surface area contributed by atoms with Crippen LogP contribution in [0.2, 0.25) is 0 Å². The van der Waals surface area contributed by atoms with Gasteiger partial charge in [0.1, 0.15) is 11.4 Å². The Kier molecular flexibility index (Phi) is 5.63. The van der Waals surface area contributed by atoms with Crippen molar-refractivity contribution in [2.75, 3.05) is 13.1 Å². The van der Waals surface area contributed by atoms with Crippen molar-refractivity contribution in [1.29, 1.82) is 0 Å². The van der Waals surface area contributed by atoms with Crippen molar-refractivity contribution < 1.29 is 22.8 Å². The fraction of sp³-hybridized carbons (Fsp3) is 0.261. The van der Waals surface area contributed by atoms with Crippen LogP contribution in [0, 0.1) is 0 Å². The molecule has 0 saturated carbocycles. The second-order valence-corrected chi connectivity index (χ2v) is 7.51. The summed E-state index contributed by atoms with van der Waals surface area (Å²) < 4.78 is 38.3. The zero-order chi connectivity index (χ0) is 22.0. The second-order valence-electron chi connectivity index (χ2n) is 7.51. The molecule has 1 aromatic heterocycles. The zero-order valence-corrected chi connectivity index (χ0v) is 16.5. The molecule has 1 aliphatic heterocycles. The van der Waals surface area contributed by atoms with Gasteiger partial charge < -0.3 is 9.88 Å². The first-order chi connectivity index (χ1) is 14.8. The number of amides is 1. The van der Waals surface area contributed by atoms with Gasteiger partial charge in [-0.2, -0.15) is 13.2 Å². The van der Waals surface area contributed by atoms with Gasteiger partial charge in [-0.1, -0.05) is 42.5 Å². The average Bonchev–Trinajstić information content (AvgIpc) is 3.28. The molecule has 2 heterocycles. The summed E-state index contributed by atoms with van der Waals surface area (Å²) >= 11 is 0. The van der Waals surface area contributed by atoms with Gasteiger partial charge in [0.2, 0.25) is 5.78 Å². The fourth-order valence-electron chi connectivity index (χ4n) is 3.87. The summed E-state index contributed by atoms with van der Waals surface area (Å²) in [5.41, 5.74) is 0.855. The van der Waals surface area contributed by atoms with Crippen LogP contribution < -0.4 is 0 Å². The Morgan fingerprint density at radius 3 is 2.23 bits per heavy atom. The molecule has 5 nitrogen and oxygen atoms in total. The molecule has 0 aliphatic carbocycles. The largest absolute Gasteiger partial charge is 0.416 e. The number of nitrogens with one attached hydrogen (secondary N) is 1. The highest BCUT2D eigenvalue weighted by molar-refractivity contribution is 6.13. The molecule has 160 valence electrons. The fourth-order valence-corrected chi connectivity index (χ4v) is 3.87. The number of likely N-dealkylation sites (tertiary alicyclic amines) is 1. The number of rotatable bonds is 4. The minimum absolute atomic E-state index is 0.0820. The number of aromatic amines is 1. The van der Waals surface area contributed by atoms with Gasteiger partial charge in [0, 0.05) is 18.7 Å². The van der Waals surface area contributed by atoms with Gasteiger partial charge in [0.05, 0.1) is 11.9 Å². The van der Waals surface area contributed by atoms with E-state index in [1.807, 2.05) is 0 Å². The predicted octanol–water partition coefficient (Wildman–Crippen LogP) is 4.68. The third-order valence-corrected chi connectivity index (χ3v) is 5.60. The van der Waals surface area contributed by atoms with Crippen molar-refractivity contribution in [1.82, 2.24) is 14.9 Å². The van der Waals surface area contributed by atoms with Crippen LogP contribution in [0.15, 0.2) is 60.9 Å². The van der Waals surface area contributed by atoms with Crippen LogP contribution in [0.25, 0.3) is 0 Å². The summed E-state index contributed by atoms with van der Waals surface area (Å²) in [6, 6.07) is 13.8. The molecule has 1 aliphatic rings. The van der Waals surface area contributed by atoms with Gasteiger partial charge >= 0.3 is 6.18 Å². The molecule has 1 fully saturated rings. The molecular weight excluding hydrogens is 407 g/mol. The highest BCUT2D eigenvalue weighted by Gasteiger charge is 2.32. The Hall–Kier alpha value is -3.42. The monoisotopic (exact) mass is 427 g/mol. The number of hydrogen-bond acceptors (Lipinski definition) is 3. The molecule has 1 saturated heterocycles. The highest BCUT2D eigenvalue weighted by Crippen LogP contribution is 2.33. The molecule has 4 rings (SSSR count). The number of carbonyl (C=O) groups excluding carboxylic acids is 2. The Bertz CT molecular complexity index is 1070.